The first-order valence-corrected chi connectivity index (χ1v) is 10.1. The molecule has 0 amide bonds. The van der Waals surface area contributed by atoms with Crippen LogP contribution in [0.5, 0.6) is 0 Å². The van der Waals surface area contributed by atoms with Gasteiger partial charge in [-0.2, -0.15) is 0 Å². The number of rotatable bonds is 13. The molecule has 0 rings (SSSR count). The Hall–Kier alpha value is -1.63. The van der Waals surface area contributed by atoms with Gasteiger partial charge in [0.1, 0.15) is 6.29 Å². The average molecular weight is 357 g/mol. The predicted molar refractivity (Wildman–Crippen MR) is 117 cm³/mol. The molecule has 0 heterocycles. The van der Waals surface area contributed by atoms with Gasteiger partial charge in [0, 0.05) is 0 Å². The number of carbonyl (C=O) groups is 1. The molecule has 0 N–H and O–H groups in total. The summed E-state index contributed by atoms with van der Waals surface area (Å²) in [5, 5.41) is 0. The van der Waals surface area contributed by atoms with E-state index in [0.717, 1.165) is 50.4 Å². The summed E-state index contributed by atoms with van der Waals surface area (Å²) in [6.07, 6.45) is 20.9. The van der Waals surface area contributed by atoms with Gasteiger partial charge in [-0.25, -0.2) is 0 Å². The van der Waals surface area contributed by atoms with Crippen LogP contribution in [0.4, 0.5) is 0 Å². The van der Waals surface area contributed by atoms with Gasteiger partial charge in [-0.15, -0.1) is 0 Å². The van der Waals surface area contributed by atoms with Crippen molar-refractivity contribution in [2.45, 2.75) is 92.9 Å². The highest BCUT2D eigenvalue weighted by Crippen LogP contribution is 2.14. The van der Waals surface area contributed by atoms with Crippen LogP contribution in [0.1, 0.15) is 92.9 Å². The maximum Gasteiger partial charge on any atom is 0.142 e. The van der Waals surface area contributed by atoms with E-state index in [1.54, 1.807) is 6.08 Å². The molecule has 0 aromatic rings. The fourth-order valence-electron chi connectivity index (χ4n) is 2.73. The summed E-state index contributed by atoms with van der Waals surface area (Å²) in [6, 6.07) is 0. The molecule has 1 nitrogen and oxygen atoms in total. The highest BCUT2D eigenvalue weighted by atomic mass is 16.1. The summed E-state index contributed by atoms with van der Waals surface area (Å²) in [7, 11) is 0. The lowest BCUT2D eigenvalue weighted by Gasteiger charge is -2.03. The number of hydrogen-bond acceptors (Lipinski definition) is 1. The molecule has 0 aromatic heterocycles. The molecule has 0 bridgehead atoms. The van der Waals surface area contributed by atoms with Gasteiger partial charge >= 0.3 is 0 Å². The van der Waals surface area contributed by atoms with E-state index in [-0.39, 0.29) is 0 Å². The summed E-state index contributed by atoms with van der Waals surface area (Å²) >= 11 is 0. The molecule has 0 aliphatic heterocycles. The zero-order chi connectivity index (χ0) is 19.8. The topological polar surface area (TPSA) is 17.1 Å². The van der Waals surface area contributed by atoms with Gasteiger partial charge in [-0.1, -0.05) is 52.2 Å². The van der Waals surface area contributed by atoms with E-state index in [4.69, 9.17) is 0 Å². The monoisotopic (exact) mass is 356 g/mol. The van der Waals surface area contributed by atoms with Crippen molar-refractivity contribution in [3.8, 4) is 0 Å². The molecule has 1 heteroatoms. The molecule has 0 saturated carbocycles. The number of carbonyl (C=O) groups excluding carboxylic acids is 1. The van der Waals surface area contributed by atoms with Gasteiger partial charge in [-0.05, 0) is 99.0 Å². The molecule has 146 valence electrons. The third-order valence-electron chi connectivity index (χ3n) is 4.54. The summed E-state index contributed by atoms with van der Waals surface area (Å²) in [4.78, 5) is 10.4. The van der Waals surface area contributed by atoms with E-state index in [1.807, 2.05) is 6.92 Å². The fraction of sp³-hybridized carbons (Fsp3) is 0.560. The fourth-order valence-corrected chi connectivity index (χ4v) is 2.73. The van der Waals surface area contributed by atoms with Crippen LogP contribution in [-0.4, -0.2) is 6.29 Å². The Balaban J connectivity index is 4.04. The van der Waals surface area contributed by atoms with E-state index in [2.05, 4.69) is 58.9 Å². The smallest absolute Gasteiger partial charge is 0.142 e. The normalized spacial score (nSPS) is 13.8. The predicted octanol–water partition coefficient (Wildman–Crippen LogP) is 8.06. The maximum atomic E-state index is 10.4. The second kappa shape index (κ2) is 15.6. The average Bonchev–Trinajstić information content (AvgIpc) is 2.54. The maximum absolute atomic E-state index is 10.4. The largest absolute Gasteiger partial charge is 0.299 e. The van der Waals surface area contributed by atoms with Crippen LogP contribution in [-0.2, 0) is 4.79 Å². The number of aldehydes is 1. The molecule has 0 radical (unpaired) electrons. The van der Waals surface area contributed by atoms with Crippen molar-refractivity contribution in [3.05, 3.63) is 58.2 Å². The molecule has 0 fully saturated rings. The lowest BCUT2D eigenvalue weighted by atomic mass is 10.0. The Morgan fingerprint density at radius 2 is 0.885 bits per heavy atom. The minimum Gasteiger partial charge on any atom is -0.299 e. The Morgan fingerprint density at radius 1 is 0.538 bits per heavy atom. The lowest BCUT2D eigenvalue weighted by molar-refractivity contribution is -0.104. The molecule has 0 aliphatic carbocycles. The van der Waals surface area contributed by atoms with Crippen molar-refractivity contribution < 1.29 is 4.79 Å². The summed E-state index contributed by atoms with van der Waals surface area (Å²) in [5.41, 5.74) is 7.02. The van der Waals surface area contributed by atoms with Crippen LogP contribution in [0, 0.1) is 0 Å². The second-order valence-electron chi connectivity index (χ2n) is 7.74. The Kier molecular flexibility index (Phi) is 14.6. The molecule has 0 saturated heterocycles. The quantitative estimate of drug-likeness (QED) is 0.185. The lowest BCUT2D eigenvalue weighted by Crippen LogP contribution is -1.83. The molecule has 0 spiro atoms. The highest BCUT2D eigenvalue weighted by Gasteiger charge is 1.94. The molecule has 0 atom stereocenters. The van der Waals surface area contributed by atoms with E-state index in [1.165, 1.54) is 35.1 Å². The second-order valence-corrected chi connectivity index (χ2v) is 7.74. The van der Waals surface area contributed by atoms with Crippen molar-refractivity contribution in [2.24, 2.45) is 0 Å². The van der Waals surface area contributed by atoms with Crippen LogP contribution in [0.25, 0.3) is 0 Å². The molecule has 0 aliphatic rings. The summed E-state index contributed by atoms with van der Waals surface area (Å²) in [5.74, 6) is 0. The minimum absolute atomic E-state index is 0.874. The number of allylic oxidation sites excluding steroid dienone is 10. The number of hydrogen-bond donors (Lipinski definition) is 0. The Morgan fingerprint density at radius 3 is 1.23 bits per heavy atom. The Labute approximate surface area is 162 Å². The first-order valence-electron chi connectivity index (χ1n) is 10.1. The van der Waals surface area contributed by atoms with E-state index < -0.39 is 0 Å². The van der Waals surface area contributed by atoms with E-state index >= 15 is 0 Å². The highest BCUT2D eigenvalue weighted by molar-refractivity contribution is 5.65. The third-order valence-corrected chi connectivity index (χ3v) is 4.54. The van der Waals surface area contributed by atoms with E-state index in [0.29, 0.717) is 0 Å². The van der Waals surface area contributed by atoms with Gasteiger partial charge in [0.15, 0.2) is 0 Å². The van der Waals surface area contributed by atoms with Crippen molar-refractivity contribution in [1.82, 2.24) is 0 Å². The van der Waals surface area contributed by atoms with Crippen LogP contribution in [0.2, 0.25) is 0 Å². The molecule has 0 aromatic carbocycles. The van der Waals surface area contributed by atoms with Crippen LogP contribution in [0.15, 0.2) is 58.2 Å². The van der Waals surface area contributed by atoms with Gasteiger partial charge in [0.05, 0.1) is 0 Å². The Bertz CT molecular complexity index is 549. The molecular formula is C25H40O. The minimum atomic E-state index is 0.874. The van der Waals surface area contributed by atoms with Gasteiger partial charge in [0.2, 0.25) is 0 Å². The van der Waals surface area contributed by atoms with Crippen molar-refractivity contribution in [2.75, 3.05) is 0 Å². The zero-order valence-corrected chi connectivity index (χ0v) is 18.0. The van der Waals surface area contributed by atoms with Crippen molar-refractivity contribution in [3.63, 3.8) is 0 Å². The molecular weight excluding hydrogens is 316 g/mol. The van der Waals surface area contributed by atoms with Gasteiger partial charge < -0.3 is 0 Å². The SMILES string of the molecule is CC(C)=CCC/C(C)=C/CC/C(C)=C/CC/C(C)=C/CC/C(C)=C/C=O. The zero-order valence-electron chi connectivity index (χ0n) is 18.0. The standard InChI is InChI=1S/C25H40O/c1-21(2)11-7-12-22(3)13-8-14-23(4)15-9-16-24(5)17-10-18-25(6)19-20-26/h11,13,15,17,19-20H,7-10,12,14,16,18H2,1-6H3/b22-13+,23-15+,24-17+,25-19+. The molecule has 0 unspecified atom stereocenters. The summed E-state index contributed by atoms with van der Waals surface area (Å²) < 4.78 is 0. The van der Waals surface area contributed by atoms with Crippen LogP contribution in [0.3, 0.4) is 0 Å². The van der Waals surface area contributed by atoms with Crippen LogP contribution < -0.4 is 0 Å². The van der Waals surface area contributed by atoms with Crippen LogP contribution >= 0.6 is 0 Å². The molecule has 26 heavy (non-hydrogen) atoms. The first kappa shape index (κ1) is 24.4. The summed E-state index contributed by atoms with van der Waals surface area (Å²) in [6.45, 7) is 13.0. The van der Waals surface area contributed by atoms with Gasteiger partial charge in [-0.3, -0.25) is 4.79 Å². The van der Waals surface area contributed by atoms with Gasteiger partial charge in [0.25, 0.3) is 0 Å². The van der Waals surface area contributed by atoms with E-state index in [9.17, 15) is 4.79 Å². The van der Waals surface area contributed by atoms with Crippen molar-refractivity contribution in [1.29, 1.82) is 0 Å². The third kappa shape index (κ3) is 15.9. The first-order chi connectivity index (χ1) is 12.3. The van der Waals surface area contributed by atoms with Crippen molar-refractivity contribution >= 4 is 6.29 Å².